The van der Waals surface area contributed by atoms with Crippen LogP contribution in [0.1, 0.15) is 46.0 Å². The highest BCUT2D eigenvalue weighted by Gasteiger charge is 2.26. The summed E-state index contributed by atoms with van der Waals surface area (Å²) in [6.07, 6.45) is 6.06. The van der Waals surface area contributed by atoms with Gasteiger partial charge in [-0.15, -0.1) is 0 Å². The van der Waals surface area contributed by atoms with Crippen LogP contribution in [0.25, 0.3) is 0 Å². The van der Waals surface area contributed by atoms with E-state index >= 15 is 0 Å². The number of rotatable bonds is 10. The molecule has 1 aliphatic carbocycles. The van der Waals surface area contributed by atoms with Gasteiger partial charge in [0.05, 0.1) is 19.3 Å². The Morgan fingerprint density at radius 1 is 1.27 bits per heavy atom. The van der Waals surface area contributed by atoms with Crippen LogP contribution in [-0.4, -0.2) is 55.3 Å². The number of aliphatic hydroxyl groups excluding tert-OH is 2. The van der Waals surface area contributed by atoms with Crippen molar-refractivity contribution in [2.75, 3.05) is 32.9 Å². The molecule has 1 atom stereocenters. The van der Waals surface area contributed by atoms with Gasteiger partial charge in [0.15, 0.2) is 0 Å². The van der Waals surface area contributed by atoms with Crippen LogP contribution >= 0.6 is 0 Å². The molecule has 1 aliphatic rings. The minimum absolute atomic E-state index is 0.169. The molecule has 0 spiro atoms. The van der Waals surface area contributed by atoms with Crippen molar-refractivity contribution in [3.63, 3.8) is 0 Å². The van der Waals surface area contributed by atoms with Crippen molar-refractivity contribution < 1.29 is 19.7 Å². The van der Waals surface area contributed by atoms with E-state index < -0.39 is 5.41 Å². The summed E-state index contributed by atoms with van der Waals surface area (Å²) in [4.78, 5) is 11.8. The fourth-order valence-corrected chi connectivity index (χ4v) is 2.84. The number of amides is 2. The molecule has 1 fully saturated rings. The Bertz CT molecular complexity index is 315. The van der Waals surface area contributed by atoms with Crippen molar-refractivity contribution in [2.24, 2.45) is 11.3 Å². The minimum atomic E-state index is -0.685. The van der Waals surface area contributed by atoms with E-state index in [1.54, 1.807) is 6.92 Å². The molecule has 130 valence electrons. The summed E-state index contributed by atoms with van der Waals surface area (Å²) in [5.74, 6) is 0.622. The molecule has 22 heavy (non-hydrogen) atoms. The van der Waals surface area contributed by atoms with Gasteiger partial charge < -0.3 is 25.6 Å². The molecule has 0 bridgehead atoms. The average molecular weight is 316 g/mol. The summed E-state index contributed by atoms with van der Waals surface area (Å²) < 4.78 is 5.82. The van der Waals surface area contributed by atoms with Gasteiger partial charge in [0.25, 0.3) is 0 Å². The Morgan fingerprint density at radius 3 is 2.45 bits per heavy atom. The van der Waals surface area contributed by atoms with Gasteiger partial charge in [-0.25, -0.2) is 4.79 Å². The topological polar surface area (TPSA) is 90.8 Å². The van der Waals surface area contributed by atoms with E-state index in [1.165, 1.54) is 25.7 Å². The average Bonchev–Trinajstić information content (AvgIpc) is 3.06. The van der Waals surface area contributed by atoms with Crippen molar-refractivity contribution in [1.29, 1.82) is 0 Å². The summed E-state index contributed by atoms with van der Waals surface area (Å²) in [7, 11) is 0. The maximum atomic E-state index is 11.8. The number of hydrogen-bond acceptors (Lipinski definition) is 4. The molecule has 0 aromatic heterocycles. The van der Waals surface area contributed by atoms with Gasteiger partial charge in [0.2, 0.25) is 0 Å². The van der Waals surface area contributed by atoms with Crippen molar-refractivity contribution in [1.82, 2.24) is 10.6 Å². The molecular formula is C16H32N2O4. The molecule has 6 nitrogen and oxygen atoms in total. The highest BCUT2D eigenvalue weighted by atomic mass is 16.5. The van der Waals surface area contributed by atoms with Gasteiger partial charge in [-0.05, 0) is 32.1 Å². The van der Waals surface area contributed by atoms with Crippen LogP contribution in [0.4, 0.5) is 4.79 Å². The second-order valence-electron chi connectivity index (χ2n) is 6.56. The lowest BCUT2D eigenvalue weighted by Gasteiger charge is -2.25. The first-order valence-corrected chi connectivity index (χ1v) is 8.39. The first kappa shape index (κ1) is 19.2. The van der Waals surface area contributed by atoms with Gasteiger partial charge >= 0.3 is 6.03 Å². The molecular weight excluding hydrogens is 284 g/mol. The maximum absolute atomic E-state index is 11.8. The summed E-state index contributed by atoms with van der Waals surface area (Å²) in [5.41, 5.74) is -0.685. The van der Waals surface area contributed by atoms with E-state index in [4.69, 9.17) is 4.74 Å². The second-order valence-corrected chi connectivity index (χ2v) is 6.56. The zero-order valence-corrected chi connectivity index (χ0v) is 13.9. The molecule has 0 aromatic carbocycles. The van der Waals surface area contributed by atoms with E-state index in [1.807, 2.05) is 6.92 Å². The van der Waals surface area contributed by atoms with Gasteiger partial charge in [-0.1, -0.05) is 19.8 Å². The highest BCUT2D eigenvalue weighted by Crippen LogP contribution is 2.30. The number of carbonyl (C=O) groups is 1. The maximum Gasteiger partial charge on any atom is 0.314 e. The predicted octanol–water partition coefficient (Wildman–Crippen LogP) is 1.26. The van der Waals surface area contributed by atoms with Crippen LogP contribution in [0, 0.1) is 11.3 Å². The number of nitrogens with one attached hydrogen (secondary N) is 2. The lowest BCUT2D eigenvalue weighted by molar-refractivity contribution is 0.0167. The predicted molar refractivity (Wildman–Crippen MR) is 85.7 cm³/mol. The number of carbonyl (C=O) groups excluding carboxylic acids is 1. The third kappa shape index (κ3) is 6.50. The normalized spacial score (nSPS) is 17.5. The largest absolute Gasteiger partial charge is 0.396 e. The van der Waals surface area contributed by atoms with Crippen LogP contribution in [0.15, 0.2) is 0 Å². The summed E-state index contributed by atoms with van der Waals surface area (Å²) in [6.45, 7) is 4.91. The number of hydrogen-bond donors (Lipinski definition) is 4. The van der Waals surface area contributed by atoms with Gasteiger partial charge in [0, 0.05) is 25.1 Å². The zero-order chi connectivity index (χ0) is 16.4. The summed E-state index contributed by atoms with van der Waals surface area (Å²) >= 11 is 0. The first-order chi connectivity index (χ1) is 10.5. The molecule has 1 rings (SSSR count). The van der Waals surface area contributed by atoms with Gasteiger partial charge in [-0.2, -0.15) is 0 Å². The van der Waals surface area contributed by atoms with E-state index in [0.29, 0.717) is 19.1 Å². The van der Waals surface area contributed by atoms with Gasteiger partial charge in [-0.3, -0.25) is 0 Å². The molecule has 0 aliphatic heterocycles. The Hall–Kier alpha value is -0.850. The van der Waals surface area contributed by atoms with E-state index in [0.717, 1.165) is 6.42 Å². The van der Waals surface area contributed by atoms with Crippen LogP contribution in [0.3, 0.4) is 0 Å². The van der Waals surface area contributed by atoms with Crippen molar-refractivity contribution in [3.05, 3.63) is 0 Å². The Balaban J connectivity index is 2.24. The van der Waals surface area contributed by atoms with E-state index in [9.17, 15) is 15.0 Å². The Kier molecular flexibility index (Phi) is 8.75. The number of urea groups is 1. The third-order valence-corrected chi connectivity index (χ3v) is 4.46. The Morgan fingerprint density at radius 2 is 1.91 bits per heavy atom. The van der Waals surface area contributed by atoms with Crippen LogP contribution in [-0.2, 0) is 4.74 Å². The van der Waals surface area contributed by atoms with Crippen LogP contribution in [0.2, 0.25) is 0 Å². The molecule has 1 unspecified atom stereocenters. The fraction of sp³-hybridized carbons (Fsp3) is 0.938. The fourth-order valence-electron chi connectivity index (χ4n) is 2.84. The lowest BCUT2D eigenvalue weighted by atomic mass is 9.93. The molecule has 0 saturated heterocycles. The third-order valence-electron chi connectivity index (χ3n) is 4.46. The standard InChI is InChI=1S/C16H32N2O4/c1-3-22-14(13-6-4-5-7-13)8-9-17-15(21)18-10-16(2,11-19)12-20/h13-14,19-20H,3-12H2,1-2H3,(H2,17,18,21). The number of aliphatic hydroxyl groups is 2. The monoisotopic (exact) mass is 316 g/mol. The van der Waals surface area contributed by atoms with Gasteiger partial charge in [0.1, 0.15) is 0 Å². The molecule has 0 aromatic rings. The Labute approximate surface area is 133 Å². The quantitative estimate of drug-likeness (QED) is 0.488. The van der Waals surface area contributed by atoms with Crippen LogP contribution < -0.4 is 10.6 Å². The van der Waals surface area contributed by atoms with E-state index in [-0.39, 0.29) is 31.9 Å². The molecule has 6 heteroatoms. The molecule has 0 heterocycles. The highest BCUT2D eigenvalue weighted by molar-refractivity contribution is 5.73. The lowest BCUT2D eigenvalue weighted by Crippen LogP contribution is -2.45. The summed E-state index contributed by atoms with van der Waals surface area (Å²) in [5, 5.41) is 23.9. The molecule has 0 radical (unpaired) electrons. The summed E-state index contributed by atoms with van der Waals surface area (Å²) in [6, 6.07) is -0.269. The van der Waals surface area contributed by atoms with Crippen molar-refractivity contribution >= 4 is 6.03 Å². The number of ether oxygens (including phenoxy) is 1. The zero-order valence-electron chi connectivity index (χ0n) is 13.9. The second kappa shape index (κ2) is 10.0. The van der Waals surface area contributed by atoms with E-state index in [2.05, 4.69) is 10.6 Å². The van der Waals surface area contributed by atoms with Crippen molar-refractivity contribution in [2.45, 2.75) is 52.1 Å². The van der Waals surface area contributed by atoms with Crippen molar-refractivity contribution in [3.8, 4) is 0 Å². The molecule has 1 saturated carbocycles. The minimum Gasteiger partial charge on any atom is -0.396 e. The smallest absolute Gasteiger partial charge is 0.314 e. The first-order valence-electron chi connectivity index (χ1n) is 8.39. The SMILES string of the molecule is CCOC(CCNC(=O)NCC(C)(CO)CO)C1CCCC1. The van der Waals surface area contributed by atoms with Crippen LogP contribution in [0.5, 0.6) is 0 Å². The molecule has 2 amide bonds. The molecule has 4 N–H and O–H groups in total.